The first-order chi connectivity index (χ1) is 5.26. The molecule has 0 aromatic carbocycles. The monoisotopic (exact) mass is 151 g/mol. The first-order valence-electron chi connectivity index (χ1n) is 4.00. The highest BCUT2D eigenvalue weighted by atomic mass is 14.7. The van der Waals surface area contributed by atoms with Gasteiger partial charge in [0.1, 0.15) is 0 Å². The van der Waals surface area contributed by atoms with E-state index < -0.39 is 0 Å². The van der Waals surface area contributed by atoms with E-state index in [1.807, 2.05) is 13.0 Å². The van der Waals surface area contributed by atoms with Gasteiger partial charge in [0.05, 0.1) is 6.54 Å². The van der Waals surface area contributed by atoms with Crippen molar-refractivity contribution in [1.29, 1.82) is 0 Å². The van der Waals surface area contributed by atoms with Crippen LogP contribution in [0.5, 0.6) is 0 Å². The Hall–Kier alpha value is -0.850. The summed E-state index contributed by atoms with van der Waals surface area (Å²) in [5.41, 5.74) is 2.69. The van der Waals surface area contributed by atoms with E-state index in [4.69, 9.17) is 0 Å². The zero-order chi connectivity index (χ0) is 8.69. The smallest absolute Gasteiger partial charge is 0.0631 e. The number of allylic oxidation sites excluding steroid dienone is 2. The maximum Gasteiger partial charge on any atom is 0.0631 e. The number of aliphatic imine (C=N–C) groups is 1. The van der Waals surface area contributed by atoms with Gasteiger partial charge in [0.2, 0.25) is 0 Å². The minimum atomic E-state index is 0.740. The zero-order valence-corrected chi connectivity index (χ0v) is 7.72. The van der Waals surface area contributed by atoms with Crippen LogP contribution in [0.15, 0.2) is 28.3 Å². The highest BCUT2D eigenvalue weighted by Crippen LogP contribution is 2.09. The molecule has 0 unspecified atom stereocenters. The molecule has 0 saturated heterocycles. The molecule has 0 amide bonds. The fraction of sp³-hybridized carbons (Fsp3) is 0.500. The van der Waals surface area contributed by atoms with E-state index >= 15 is 0 Å². The first-order valence-corrected chi connectivity index (χ1v) is 4.00. The molecule has 0 aromatic rings. The summed E-state index contributed by atoms with van der Waals surface area (Å²) in [4.78, 5) is 3.86. The second kappa shape index (κ2) is 5.90. The summed E-state index contributed by atoms with van der Waals surface area (Å²) >= 11 is 0. The van der Waals surface area contributed by atoms with E-state index in [-0.39, 0.29) is 0 Å². The van der Waals surface area contributed by atoms with Gasteiger partial charge in [-0.05, 0) is 32.6 Å². The highest BCUT2D eigenvalue weighted by Gasteiger charge is 1.93. The van der Waals surface area contributed by atoms with Crippen molar-refractivity contribution < 1.29 is 0 Å². The van der Waals surface area contributed by atoms with Crippen LogP contribution in [0.3, 0.4) is 0 Å². The fourth-order valence-electron chi connectivity index (χ4n) is 0.879. The normalized spacial score (nSPS) is 13.4. The van der Waals surface area contributed by atoms with Gasteiger partial charge >= 0.3 is 0 Å². The van der Waals surface area contributed by atoms with Crippen molar-refractivity contribution in [2.24, 2.45) is 4.99 Å². The Bertz CT molecular complexity index is 175. The van der Waals surface area contributed by atoms with Crippen molar-refractivity contribution in [3.63, 3.8) is 0 Å². The van der Waals surface area contributed by atoms with Gasteiger partial charge in [-0.2, -0.15) is 0 Å². The number of hydrogen-bond acceptors (Lipinski definition) is 1. The minimum Gasteiger partial charge on any atom is -0.296 e. The van der Waals surface area contributed by atoms with E-state index in [9.17, 15) is 0 Å². The van der Waals surface area contributed by atoms with Crippen LogP contribution in [0.2, 0.25) is 0 Å². The molecule has 0 aliphatic carbocycles. The second-order valence-corrected chi connectivity index (χ2v) is 2.54. The van der Waals surface area contributed by atoms with Crippen LogP contribution in [0.4, 0.5) is 0 Å². The van der Waals surface area contributed by atoms with Gasteiger partial charge in [-0.15, -0.1) is 0 Å². The minimum absolute atomic E-state index is 0.740. The van der Waals surface area contributed by atoms with Crippen molar-refractivity contribution >= 4 is 6.72 Å². The van der Waals surface area contributed by atoms with Gasteiger partial charge in [-0.3, -0.25) is 4.99 Å². The quantitative estimate of drug-likeness (QED) is 0.432. The van der Waals surface area contributed by atoms with Crippen LogP contribution in [0.25, 0.3) is 0 Å². The lowest BCUT2D eigenvalue weighted by Gasteiger charge is -2.02. The molecule has 0 fully saturated rings. The van der Waals surface area contributed by atoms with Gasteiger partial charge in [-0.25, -0.2) is 0 Å². The van der Waals surface area contributed by atoms with Crippen LogP contribution in [-0.2, 0) is 0 Å². The molecule has 0 heterocycles. The maximum absolute atomic E-state index is 3.86. The lowest BCUT2D eigenvalue weighted by atomic mass is 10.1. The summed E-state index contributed by atoms with van der Waals surface area (Å²) in [7, 11) is 0. The van der Waals surface area contributed by atoms with Gasteiger partial charge in [0.25, 0.3) is 0 Å². The first kappa shape index (κ1) is 10.2. The van der Waals surface area contributed by atoms with Gasteiger partial charge in [-0.1, -0.05) is 24.6 Å². The Labute approximate surface area is 69.5 Å². The van der Waals surface area contributed by atoms with Crippen molar-refractivity contribution in [3.8, 4) is 0 Å². The Morgan fingerprint density at radius 2 is 2.18 bits per heavy atom. The van der Waals surface area contributed by atoms with Crippen LogP contribution in [0, 0.1) is 0 Å². The highest BCUT2D eigenvalue weighted by molar-refractivity contribution is 5.30. The summed E-state index contributed by atoms with van der Waals surface area (Å²) < 4.78 is 0. The van der Waals surface area contributed by atoms with Gasteiger partial charge in [0, 0.05) is 0 Å². The molecule has 0 aromatic heterocycles. The molecular weight excluding hydrogens is 134 g/mol. The summed E-state index contributed by atoms with van der Waals surface area (Å²) in [5.74, 6) is 0. The molecule has 62 valence electrons. The third-order valence-electron chi connectivity index (χ3n) is 1.73. The largest absolute Gasteiger partial charge is 0.296 e. The fourth-order valence-corrected chi connectivity index (χ4v) is 0.879. The SMILES string of the molecule is C=NCC(/C=C\C)=C(\C)CC. The van der Waals surface area contributed by atoms with Crippen LogP contribution in [-0.4, -0.2) is 13.3 Å². The average molecular weight is 151 g/mol. The third kappa shape index (κ3) is 3.76. The maximum atomic E-state index is 3.86. The lowest BCUT2D eigenvalue weighted by Crippen LogP contribution is -1.88. The molecule has 0 aliphatic rings. The molecule has 1 heteroatoms. The molecule has 0 radical (unpaired) electrons. The number of hydrogen-bond donors (Lipinski definition) is 0. The molecule has 0 atom stereocenters. The average Bonchev–Trinajstić information content (AvgIpc) is 2.03. The molecule has 0 spiro atoms. The summed E-state index contributed by atoms with van der Waals surface area (Å²) in [6.45, 7) is 10.5. The van der Waals surface area contributed by atoms with Crippen LogP contribution >= 0.6 is 0 Å². The van der Waals surface area contributed by atoms with E-state index in [1.54, 1.807) is 0 Å². The summed E-state index contributed by atoms with van der Waals surface area (Å²) in [6, 6.07) is 0. The Morgan fingerprint density at radius 1 is 1.55 bits per heavy atom. The van der Waals surface area contributed by atoms with Gasteiger partial charge in [0.15, 0.2) is 0 Å². The zero-order valence-electron chi connectivity index (χ0n) is 7.72. The van der Waals surface area contributed by atoms with Crippen LogP contribution < -0.4 is 0 Å². The Balaban J connectivity index is 4.41. The molecule has 0 saturated carbocycles. The molecule has 0 rings (SSSR count). The van der Waals surface area contributed by atoms with E-state index in [2.05, 4.69) is 31.6 Å². The molecular formula is C10H17N. The Morgan fingerprint density at radius 3 is 2.55 bits per heavy atom. The second-order valence-electron chi connectivity index (χ2n) is 2.54. The molecule has 11 heavy (non-hydrogen) atoms. The number of nitrogens with zero attached hydrogens (tertiary/aromatic N) is 1. The van der Waals surface area contributed by atoms with Crippen molar-refractivity contribution in [1.82, 2.24) is 0 Å². The van der Waals surface area contributed by atoms with Crippen LogP contribution in [0.1, 0.15) is 27.2 Å². The van der Waals surface area contributed by atoms with Crippen molar-refractivity contribution in [2.45, 2.75) is 27.2 Å². The topological polar surface area (TPSA) is 12.4 Å². The Kier molecular flexibility index (Phi) is 5.44. The van der Waals surface area contributed by atoms with E-state index in [1.165, 1.54) is 11.1 Å². The molecule has 0 bridgehead atoms. The predicted molar refractivity (Wildman–Crippen MR) is 52.2 cm³/mol. The van der Waals surface area contributed by atoms with E-state index in [0.29, 0.717) is 0 Å². The molecule has 0 aliphatic heterocycles. The predicted octanol–water partition coefficient (Wildman–Crippen LogP) is 2.99. The third-order valence-corrected chi connectivity index (χ3v) is 1.73. The van der Waals surface area contributed by atoms with Crippen molar-refractivity contribution in [2.75, 3.05) is 6.54 Å². The summed E-state index contributed by atoms with van der Waals surface area (Å²) in [6.07, 6.45) is 5.24. The summed E-state index contributed by atoms with van der Waals surface area (Å²) in [5, 5.41) is 0. The number of rotatable bonds is 4. The molecule has 1 nitrogen and oxygen atoms in total. The van der Waals surface area contributed by atoms with Gasteiger partial charge < -0.3 is 0 Å². The van der Waals surface area contributed by atoms with E-state index in [0.717, 1.165) is 13.0 Å². The van der Waals surface area contributed by atoms with Crippen molar-refractivity contribution in [3.05, 3.63) is 23.3 Å². The molecule has 0 N–H and O–H groups in total. The lowest BCUT2D eigenvalue weighted by molar-refractivity contribution is 1.04. The standard InChI is InChI=1S/C10H17N/c1-5-7-10(8-11-4)9(3)6-2/h5,7H,4,6,8H2,1-3H3/b7-5-,10-9+.